The monoisotopic (exact) mass is 187 g/mol. The van der Waals surface area contributed by atoms with Crippen LogP contribution in [0.5, 0.6) is 0 Å². The third kappa shape index (κ3) is 1.49. The van der Waals surface area contributed by atoms with E-state index in [0.717, 1.165) is 16.5 Å². The van der Waals surface area contributed by atoms with Crippen LogP contribution in [-0.2, 0) is 0 Å². The molecular weight excluding hydrogens is 174 g/mol. The van der Waals surface area contributed by atoms with Gasteiger partial charge in [-0.25, -0.2) is 0 Å². The van der Waals surface area contributed by atoms with E-state index < -0.39 is 0 Å². The van der Waals surface area contributed by atoms with E-state index in [-0.39, 0.29) is 12.5 Å². The van der Waals surface area contributed by atoms with Crippen LogP contribution < -0.4 is 0 Å². The molecule has 0 radical (unpaired) electrons. The van der Waals surface area contributed by atoms with Crippen LogP contribution in [0.15, 0.2) is 36.5 Å². The molecule has 72 valence electrons. The Kier molecular flexibility index (Phi) is 2.46. The highest BCUT2D eigenvalue weighted by molar-refractivity contribution is 5.82. The van der Waals surface area contributed by atoms with Crippen LogP contribution in [0.25, 0.3) is 10.9 Å². The fourth-order valence-corrected chi connectivity index (χ4v) is 1.65. The van der Waals surface area contributed by atoms with Gasteiger partial charge in [0.05, 0.1) is 5.52 Å². The van der Waals surface area contributed by atoms with E-state index in [1.807, 2.05) is 37.3 Å². The van der Waals surface area contributed by atoms with Gasteiger partial charge < -0.3 is 5.11 Å². The summed E-state index contributed by atoms with van der Waals surface area (Å²) in [7, 11) is 0. The minimum absolute atomic E-state index is 0.169. The second-order valence-corrected chi connectivity index (χ2v) is 3.50. The fraction of sp³-hybridized carbons (Fsp3) is 0.250. The van der Waals surface area contributed by atoms with Gasteiger partial charge in [0, 0.05) is 24.1 Å². The summed E-state index contributed by atoms with van der Waals surface area (Å²) >= 11 is 0. The molecule has 0 aliphatic rings. The highest BCUT2D eigenvalue weighted by Crippen LogP contribution is 2.23. The van der Waals surface area contributed by atoms with Crippen LogP contribution in [-0.4, -0.2) is 16.7 Å². The maximum Gasteiger partial charge on any atom is 0.0704 e. The predicted molar refractivity (Wildman–Crippen MR) is 57.2 cm³/mol. The van der Waals surface area contributed by atoms with Gasteiger partial charge in [0.2, 0.25) is 0 Å². The average molecular weight is 187 g/mol. The molecule has 2 nitrogen and oxygen atoms in total. The Labute approximate surface area is 83.2 Å². The number of fused-ring (bicyclic) bond motifs is 1. The van der Waals surface area contributed by atoms with Crippen molar-refractivity contribution in [1.82, 2.24) is 4.98 Å². The Morgan fingerprint density at radius 3 is 2.86 bits per heavy atom. The highest BCUT2D eigenvalue weighted by Gasteiger charge is 2.07. The van der Waals surface area contributed by atoms with Crippen molar-refractivity contribution in [1.29, 1.82) is 0 Å². The van der Waals surface area contributed by atoms with Gasteiger partial charge in [0.15, 0.2) is 0 Å². The minimum Gasteiger partial charge on any atom is -0.396 e. The van der Waals surface area contributed by atoms with Crippen LogP contribution in [0.4, 0.5) is 0 Å². The summed E-state index contributed by atoms with van der Waals surface area (Å²) in [6, 6.07) is 9.98. The van der Waals surface area contributed by atoms with Crippen LogP contribution in [0.1, 0.15) is 18.4 Å². The molecule has 0 fully saturated rings. The molecule has 1 heterocycles. The molecule has 0 amide bonds. The van der Waals surface area contributed by atoms with E-state index in [2.05, 4.69) is 4.98 Å². The standard InChI is InChI=1S/C12H13NO/c1-9(8-14)10-6-7-13-12-5-3-2-4-11(10)12/h2-7,9,14H,8H2,1H3. The maximum atomic E-state index is 9.13. The zero-order valence-electron chi connectivity index (χ0n) is 8.14. The molecule has 1 N–H and O–H groups in total. The first-order valence-corrected chi connectivity index (χ1v) is 4.77. The summed E-state index contributed by atoms with van der Waals surface area (Å²) in [5.41, 5.74) is 2.16. The van der Waals surface area contributed by atoms with Crippen molar-refractivity contribution in [3.05, 3.63) is 42.1 Å². The molecule has 0 aliphatic heterocycles. The second-order valence-electron chi connectivity index (χ2n) is 3.50. The number of aromatic nitrogens is 1. The van der Waals surface area contributed by atoms with Gasteiger partial charge in [-0.15, -0.1) is 0 Å². The number of hydrogen-bond acceptors (Lipinski definition) is 2. The summed E-state index contributed by atoms with van der Waals surface area (Å²) in [5, 5.41) is 10.3. The number of aliphatic hydroxyl groups excluding tert-OH is 1. The van der Waals surface area contributed by atoms with Crippen molar-refractivity contribution in [3.63, 3.8) is 0 Å². The molecule has 0 aliphatic carbocycles. The number of hydrogen-bond donors (Lipinski definition) is 1. The highest BCUT2D eigenvalue weighted by atomic mass is 16.3. The third-order valence-electron chi connectivity index (χ3n) is 2.49. The smallest absolute Gasteiger partial charge is 0.0704 e. The normalized spacial score (nSPS) is 13.0. The van der Waals surface area contributed by atoms with Crippen LogP contribution in [0, 0.1) is 0 Å². The van der Waals surface area contributed by atoms with Crippen LogP contribution in [0.2, 0.25) is 0 Å². The lowest BCUT2D eigenvalue weighted by Crippen LogP contribution is -2.00. The number of nitrogens with zero attached hydrogens (tertiary/aromatic N) is 1. The Morgan fingerprint density at radius 2 is 2.07 bits per heavy atom. The number of para-hydroxylation sites is 1. The van der Waals surface area contributed by atoms with E-state index in [4.69, 9.17) is 5.11 Å². The lowest BCUT2D eigenvalue weighted by molar-refractivity contribution is 0.273. The molecule has 2 rings (SSSR count). The Bertz CT molecular complexity index is 434. The first kappa shape index (κ1) is 9.16. The van der Waals surface area contributed by atoms with Crippen molar-refractivity contribution in [2.45, 2.75) is 12.8 Å². The van der Waals surface area contributed by atoms with Gasteiger partial charge in [-0.1, -0.05) is 25.1 Å². The molecule has 1 unspecified atom stereocenters. The first-order chi connectivity index (χ1) is 6.83. The molecule has 2 heteroatoms. The molecule has 1 aromatic carbocycles. The number of benzene rings is 1. The molecule has 14 heavy (non-hydrogen) atoms. The lowest BCUT2D eigenvalue weighted by Gasteiger charge is -2.10. The molecule has 0 saturated heterocycles. The van der Waals surface area contributed by atoms with E-state index in [1.165, 1.54) is 0 Å². The number of rotatable bonds is 2. The SMILES string of the molecule is CC(CO)c1ccnc2ccccc12. The van der Waals surface area contributed by atoms with Crippen LogP contribution in [0.3, 0.4) is 0 Å². The molecule has 0 bridgehead atoms. The molecule has 0 saturated carbocycles. The lowest BCUT2D eigenvalue weighted by atomic mass is 9.98. The Morgan fingerprint density at radius 1 is 1.29 bits per heavy atom. The summed E-state index contributed by atoms with van der Waals surface area (Å²) < 4.78 is 0. The molecule has 1 aromatic heterocycles. The van der Waals surface area contributed by atoms with Crippen molar-refractivity contribution in [2.75, 3.05) is 6.61 Å². The van der Waals surface area contributed by atoms with Gasteiger partial charge in [0.25, 0.3) is 0 Å². The van der Waals surface area contributed by atoms with Gasteiger partial charge in [-0.2, -0.15) is 0 Å². The summed E-state index contributed by atoms with van der Waals surface area (Å²) in [5.74, 6) is 0.169. The molecule has 0 spiro atoms. The zero-order valence-corrected chi connectivity index (χ0v) is 8.14. The summed E-state index contributed by atoms with van der Waals surface area (Å²) in [6.45, 7) is 2.19. The van der Waals surface area contributed by atoms with E-state index in [9.17, 15) is 0 Å². The zero-order chi connectivity index (χ0) is 9.97. The average Bonchev–Trinajstić information content (AvgIpc) is 2.27. The molecule has 2 aromatic rings. The first-order valence-electron chi connectivity index (χ1n) is 4.77. The topological polar surface area (TPSA) is 33.1 Å². The van der Waals surface area contributed by atoms with Gasteiger partial charge in [-0.3, -0.25) is 4.98 Å². The van der Waals surface area contributed by atoms with E-state index >= 15 is 0 Å². The van der Waals surface area contributed by atoms with Crippen LogP contribution >= 0.6 is 0 Å². The Hall–Kier alpha value is -1.41. The van der Waals surface area contributed by atoms with Crippen molar-refractivity contribution in [2.24, 2.45) is 0 Å². The molecular formula is C12H13NO. The number of pyridine rings is 1. The quantitative estimate of drug-likeness (QED) is 0.782. The van der Waals surface area contributed by atoms with Crippen molar-refractivity contribution in [3.8, 4) is 0 Å². The van der Waals surface area contributed by atoms with E-state index in [0.29, 0.717) is 0 Å². The van der Waals surface area contributed by atoms with Crippen molar-refractivity contribution >= 4 is 10.9 Å². The minimum atomic E-state index is 0.169. The third-order valence-corrected chi connectivity index (χ3v) is 2.49. The van der Waals surface area contributed by atoms with Gasteiger partial charge >= 0.3 is 0 Å². The largest absolute Gasteiger partial charge is 0.396 e. The summed E-state index contributed by atoms with van der Waals surface area (Å²) in [4.78, 5) is 4.28. The summed E-state index contributed by atoms with van der Waals surface area (Å²) in [6.07, 6.45) is 1.80. The van der Waals surface area contributed by atoms with Crippen molar-refractivity contribution < 1.29 is 5.11 Å². The molecule has 1 atom stereocenters. The van der Waals surface area contributed by atoms with Gasteiger partial charge in [-0.05, 0) is 17.7 Å². The fourth-order valence-electron chi connectivity index (χ4n) is 1.65. The number of aliphatic hydroxyl groups is 1. The van der Waals surface area contributed by atoms with E-state index in [1.54, 1.807) is 6.20 Å². The second kappa shape index (κ2) is 3.76. The maximum absolute atomic E-state index is 9.13. The Balaban J connectivity index is 2.65. The van der Waals surface area contributed by atoms with Gasteiger partial charge in [0.1, 0.15) is 0 Å². The predicted octanol–water partition coefficient (Wildman–Crippen LogP) is 2.33.